The maximum Gasteiger partial charge on any atom is 0.259 e. The zero-order valence-electron chi connectivity index (χ0n) is 16.8. The number of nitrogens with zero attached hydrogens (tertiary/aromatic N) is 3. The van der Waals surface area contributed by atoms with E-state index in [1.54, 1.807) is 17.1 Å². The van der Waals surface area contributed by atoms with Crippen LogP contribution in [0.4, 0.5) is 5.69 Å². The third-order valence-electron chi connectivity index (χ3n) is 5.69. The molecule has 0 atom stereocenters. The minimum Gasteiger partial charge on any atom is -0.393 e. The number of rotatable bonds is 4. The smallest absolute Gasteiger partial charge is 0.259 e. The molecule has 2 aromatic heterocycles. The van der Waals surface area contributed by atoms with Gasteiger partial charge in [0.25, 0.3) is 5.91 Å². The standard InChI is InChI=1S/C23H26N4O2/c1-15-3-8-19(9-4-15)27-16(2)21(14-25-27)23(29)26-18-7-12-22(24-13-18)17-5-10-20(28)11-6-17/h3-4,7-9,12-14,17,20,28H,5-6,10-11H2,1-2H3,(H,26,29). The van der Waals surface area contributed by atoms with Gasteiger partial charge in [0.2, 0.25) is 0 Å². The van der Waals surface area contributed by atoms with Gasteiger partial charge in [-0.2, -0.15) is 5.10 Å². The van der Waals surface area contributed by atoms with Gasteiger partial charge in [-0.05, 0) is 63.8 Å². The van der Waals surface area contributed by atoms with Crippen molar-refractivity contribution in [3.8, 4) is 5.69 Å². The number of carbonyl (C=O) groups is 1. The minimum atomic E-state index is -0.198. The normalized spacial score (nSPS) is 19.1. The number of benzene rings is 1. The molecule has 1 saturated carbocycles. The van der Waals surface area contributed by atoms with Gasteiger partial charge in [0, 0.05) is 11.6 Å². The lowest BCUT2D eigenvalue weighted by atomic mass is 9.85. The van der Waals surface area contributed by atoms with Crippen LogP contribution in [0.1, 0.15) is 58.9 Å². The molecule has 1 aromatic carbocycles. The summed E-state index contributed by atoms with van der Waals surface area (Å²) in [4.78, 5) is 17.3. The van der Waals surface area contributed by atoms with E-state index in [-0.39, 0.29) is 12.0 Å². The molecule has 1 aliphatic carbocycles. The van der Waals surface area contributed by atoms with E-state index in [2.05, 4.69) is 15.4 Å². The first-order valence-corrected chi connectivity index (χ1v) is 10.1. The van der Waals surface area contributed by atoms with Crippen LogP contribution in [0.15, 0.2) is 48.8 Å². The topological polar surface area (TPSA) is 80.0 Å². The first-order valence-electron chi connectivity index (χ1n) is 10.1. The Morgan fingerprint density at radius 3 is 2.41 bits per heavy atom. The second kappa shape index (κ2) is 8.17. The van der Waals surface area contributed by atoms with Gasteiger partial charge < -0.3 is 10.4 Å². The molecular weight excluding hydrogens is 364 g/mol. The van der Waals surface area contributed by atoms with E-state index < -0.39 is 0 Å². The summed E-state index contributed by atoms with van der Waals surface area (Å²) in [5.41, 5.74) is 5.12. The highest BCUT2D eigenvalue weighted by Crippen LogP contribution is 2.32. The van der Waals surface area contributed by atoms with Gasteiger partial charge in [-0.3, -0.25) is 9.78 Å². The van der Waals surface area contributed by atoms with Crippen LogP contribution in [0.5, 0.6) is 0 Å². The molecule has 1 amide bonds. The Kier molecular flexibility index (Phi) is 5.45. The van der Waals surface area contributed by atoms with E-state index in [1.165, 1.54) is 5.56 Å². The van der Waals surface area contributed by atoms with Gasteiger partial charge in [-0.1, -0.05) is 17.7 Å². The summed E-state index contributed by atoms with van der Waals surface area (Å²) in [7, 11) is 0. The van der Waals surface area contributed by atoms with Gasteiger partial charge in [0.1, 0.15) is 0 Å². The van der Waals surface area contributed by atoms with Crippen LogP contribution >= 0.6 is 0 Å². The fourth-order valence-corrected chi connectivity index (χ4v) is 3.87. The number of carbonyl (C=O) groups excluding carboxylic acids is 1. The SMILES string of the molecule is Cc1ccc(-n2ncc(C(=O)Nc3ccc(C4CCC(O)CC4)nc3)c2C)cc1. The molecule has 0 aliphatic heterocycles. The summed E-state index contributed by atoms with van der Waals surface area (Å²) in [6.45, 7) is 3.93. The summed E-state index contributed by atoms with van der Waals surface area (Å²) >= 11 is 0. The molecule has 0 unspecified atom stereocenters. The molecule has 2 N–H and O–H groups in total. The number of amides is 1. The molecule has 2 heterocycles. The molecular formula is C23H26N4O2. The van der Waals surface area contributed by atoms with E-state index in [1.807, 2.05) is 50.2 Å². The highest BCUT2D eigenvalue weighted by Gasteiger charge is 2.22. The van der Waals surface area contributed by atoms with E-state index in [9.17, 15) is 9.90 Å². The Hall–Kier alpha value is -2.99. The van der Waals surface area contributed by atoms with Crippen molar-refractivity contribution in [1.29, 1.82) is 0 Å². The number of aryl methyl sites for hydroxylation is 1. The van der Waals surface area contributed by atoms with Crippen LogP contribution < -0.4 is 5.32 Å². The fourth-order valence-electron chi connectivity index (χ4n) is 3.87. The lowest BCUT2D eigenvalue weighted by molar-refractivity contribution is 0.102. The zero-order chi connectivity index (χ0) is 20.4. The molecule has 0 bridgehead atoms. The molecule has 150 valence electrons. The molecule has 1 fully saturated rings. The first-order chi connectivity index (χ1) is 14.0. The minimum absolute atomic E-state index is 0.172. The molecule has 0 radical (unpaired) electrons. The summed E-state index contributed by atoms with van der Waals surface area (Å²) in [5, 5.41) is 17.0. The molecule has 29 heavy (non-hydrogen) atoms. The van der Waals surface area contributed by atoms with Crippen LogP contribution in [0.25, 0.3) is 5.69 Å². The molecule has 3 aromatic rings. The van der Waals surface area contributed by atoms with Gasteiger partial charge in [0.15, 0.2) is 0 Å². The van der Waals surface area contributed by atoms with Gasteiger partial charge in [0.05, 0.1) is 41.1 Å². The van der Waals surface area contributed by atoms with Crippen molar-refractivity contribution in [2.24, 2.45) is 0 Å². The number of hydrogen-bond donors (Lipinski definition) is 2. The van der Waals surface area contributed by atoms with Crippen LogP contribution in [0.3, 0.4) is 0 Å². The second-order valence-corrected chi connectivity index (χ2v) is 7.82. The van der Waals surface area contributed by atoms with Crippen molar-refractivity contribution in [3.63, 3.8) is 0 Å². The van der Waals surface area contributed by atoms with Crippen LogP contribution in [-0.4, -0.2) is 31.9 Å². The van der Waals surface area contributed by atoms with E-state index in [0.29, 0.717) is 17.2 Å². The third-order valence-corrected chi connectivity index (χ3v) is 5.69. The Balaban J connectivity index is 1.45. The second-order valence-electron chi connectivity index (χ2n) is 7.82. The average Bonchev–Trinajstić information content (AvgIpc) is 3.11. The highest BCUT2D eigenvalue weighted by atomic mass is 16.3. The number of anilines is 1. The van der Waals surface area contributed by atoms with Crippen LogP contribution in [0.2, 0.25) is 0 Å². The van der Waals surface area contributed by atoms with Crippen molar-refractivity contribution in [1.82, 2.24) is 14.8 Å². The Morgan fingerprint density at radius 1 is 1.03 bits per heavy atom. The Labute approximate surface area is 170 Å². The van der Waals surface area contributed by atoms with Crippen molar-refractivity contribution >= 4 is 11.6 Å². The van der Waals surface area contributed by atoms with Gasteiger partial charge >= 0.3 is 0 Å². The van der Waals surface area contributed by atoms with Gasteiger partial charge in [-0.15, -0.1) is 0 Å². The molecule has 0 spiro atoms. The Bertz CT molecular complexity index is 985. The molecule has 6 heteroatoms. The largest absolute Gasteiger partial charge is 0.393 e. The number of aliphatic hydroxyl groups is 1. The number of aromatic nitrogens is 3. The molecule has 1 aliphatic rings. The summed E-state index contributed by atoms with van der Waals surface area (Å²) in [6, 6.07) is 11.9. The quantitative estimate of drug-likeness (QED) is 0.701. The number of pyridine rings is 1. The predicted molar refractivity (Wildman–Crippen MR) is 112 cm³/mol. The number of hydrogen-bond acceptors (Lipinski definition) is 4. The van der Waals surface area contributed by atoms with E-state index >= 15 is 0 Å². The lowest BCUT2D eigenvalue weighted by Gasteiger charge is -2.24. The third kappa shape index (κ3) is 4.22. The fraction of sp³-hybridized carbons (Fsp3) is 0.348. The maximum atomic E-state index is 12.7. The summed E-state index contributed by atoms with van der Waals surface area (Å²) in [5.74, 6) is 0.189. The predicted octanol–water partition coefficient (Wildman–Crippen LogP) is 4.15. The van der Waals surface area contributed by atoms with Gasteiger partial charge in [-0.25, -0.2) is 4.68 Å². The first kappa shape index (κ1) is 19.3. The van der Waals surface area contributed by atoms with E-state index in [0.717, 1.165) is 42.8 Å². The summed E-state index contributed by atoms with van der Waals surface area (Å²) in [6.07, 6.45) is 6.70. The lowest BCUT2D eigenvalue weighted by Crippen LogP contribution is -2.18. The van der Waals surface area contributed by atoms with E-state index in [4.69, 9.17) is 0 Å². The monoisotopic (exact) mass is 390 g/mol. The van der Waals surface area contributed by atoms with Crippen LogP contribution in [0, 0.1) is 13.8 Å². The highest BCUT2D eigenvalue weighted by molar-refractivity contribution is 6.04. The Morgan fingerprint density at radius 2 is 1.76 bits per heavy atom. The van der Waals surface area contributed by atoms with Crippen LogP contribution in [-0.2, 0) is 0 Å². The maximum absolute atomic E-state index is 12.7. The van der Waals surface area contributed by atoms with Crippen molar-refractivity contribution in [3.05, 3.63) is 71.3 Å². The van der Waals surface area contributed by atoms with Crippen molar-refractivity contribution < 1.29 is 9.90 Å². The molecule has 4 rings (SSSR count). The number of nitrogens with one attached hydrogen (secondary N) is 1. The molecule has 6 nitrogen and oxygen atoms in total. The van der Waals surface area contributed by atoms with Crippen molar-refractivity contribution in [2.45, 2.75) is 51.6 Å². The summed E-state index contributed by atoms with van der Waals surface area (Å²) < 4.78 is 1.77. The zero-order valence-corrected chi connectivity index (χ0v) is 16.8. The van der Waals surface area contributed by atoms with Crippen molar-refractivity contribution in [2.75, 3.05) is 5.32 Å². The molecule has 0 saturated heterocycles. The average molecular weight is 390 g/mol. The number of aliphatic hydroxyl groups excluding tert-OH is 1.